The van der Waals surface area contributed by atoms with Gasteiger partial charge >= 0.3 is 0 Å². The van der Waals surface area contributed by atoms with Crippen LogP contribution in [0.25, 0.3) is 0 Å². The molecule has 1 rings (SSSR count). The van der Waals surface area contributed by atoms with Gasteiger partial charge in [-0.2, -0.15) is 0 Å². The molecular weight excluding hydrogens is 224 g/mol. The topological polar surface area (TPSA) is 63.8 Å². The zero-order valence-corrected chi connectivity index (χ0v) is 12.0. The van der Waals surface area contributed by atoms with Crippen molar-refractivity contribution in [2.75, 3.05) is 11.9 Å². The molecule has 18 heavy (non-hydrogen) atoms. The molecule has 0 aliphatic heterocycles. The maximum atomic E-state index is 5.68. The van der Waals surface area contributed by atoms with Crippen molar-refractivity contribution in [2.24, 2.45) is 11.1 Å². The first kappa shape index (κ1) is 14.9. The standard InChI is InChI=1S/C14H26N4/c1-5-6-11-9-13(17-10-16-11)18-12(7-8-15)14(2,3)4/h9-10,12H,5-8,15H2,1-4H3,(H,16,17,18). The lowest BCUT2D eigenvalue weighted by Crippen LogP contribution is -2.36. The summed E-state index contributed by atoms with van der Waals surface area (Å²) in [7, 11) is 0. The molecule has 0 saturated heterocycles. The zero-order valence-electron chi connectivity index (χ0n) is 12.0. The van der Waals surface area contributed by atoms with E-state index in [9.17, 15) is 0 Å². The highest BCUT2D eigenvalue weighted by molar-refractivity contribution is 5.36. The second-order valence-electron chi connectivity index (χ2n) is 5.78. The molecule has 0 aliphatic rings. The number of aryl methyl sites for hydroxylation is 1. The van der Waals surface area contributed by atoms with Crippen LogP contribution in [0.2, 0.25) is 0 Å². The Balaban J connectivity index is 2.77. The van der Waals surface area contributed by atoms with E-state index in [0.717, 1.165) is 30.8 Å². The highest BCUT2D eigenvalue weighted by Crippen LogP contribution is 2.24. The third-order valence-electron chi connectivity index (χ3n) is 3.05. The van der Waals surface area contributed by atoms with Crippen LogP contribution < -0.4 is 11.1 Å². The average molecular weight is 250 g/mol. The Morgan fingerprint density at radius 3 is 2.61 bits per heavy atom. The Bertz CT molecular complexity index is 357. The quantitative estimate of drug-likeness (QED) is 0.814. The SMILES string of the molecule is CCCc1cc(NC(CCN)C(C)(C)C)ncn1. The molecule has 0 aromatic carbocycles. The highest BCUT2D eigenvalue weighted by atomic mass is 15.0. The predicted octanol–water partition coefficient (Wildman–Crippen LogP) is 2.60. The van der Waals surface area contributed by atoms with E-state index >= 15 is 0 Å². The smallest absolute Gasteiger partial charge is 0.129 e. The van der Waals surface area contributed by atoms with E-state index in [-0.39, 0.29) is 5.41 Å². The van der Waals surface area contributed by atoms with Gasteiger partial charge in [0.15, 0.2) is 0 Å². The van der Waals surface area contributed by atoms with Gasteiger partial charge in [0.2, 0.25) is 0 Å². The van der Waals surface area contributed by atoms with Crippen molar-refractivity contribution in [3.63, 3.8) is 0 Å². The van der Waals surface area contributed by atoms with Crippen molar-refractivity contribution in [3.8, 4) is 0 Å². The number of anilines is 1. The van der Waals surface area contributed by atoms with Crippen molar-refractivity contribution in [2.45, 2.75) is 53.0 Å². The summed E-state index contributed by atoms with van der Waals surface area (Å²) in [6.45, 7) is 9.49. The normalized spacial score (nSPS) is 13.4. The first-order chi connectivity index (χ1) is 8.47. The molecule has 4 nitrogen and oxygen atoms in total. The van der Waals surface area contributed by atoms with Crippen LogP contribution >= 0.6 is 0 Å². The Hall–Kier alpha value is -1.16. The lowest BCUT2D eigenvalue weighted by Gasteiger charge is -2.31. The van der Waals surface area contributed by atoms with Gasteiger partial charge in [0.1, 0.15) is 12.1 Å². The first-order valence-corrected chi connectivity index (χ1v) is 6.75. The largest absolute Gasteiger partial charge is 0.367 e. The molecule has 1 atom stereocenters. The molecule has 1 unspecified atom stereocenters. The van der Waals surface area contributed by atoms with Gasteiger partial charge < -0.3 is 11.1 Å². The highest BCUT2D eigenvalue weighted by Gasteiger charge is 2.24. The van der Waals surface area contributed by atoms with Crippen LogP contribution in [-0.4, -0.2) is 22.6 Å². The molecule has 102 valence electrons. The second kappa shape index (κ2) is 6.69. The van der Waals surface area contributed by atoms with Crippen LogP contribution in [-0.2, 0) is 6.42 Å². The van der Waals surface area contributed by atoms with Crippen molar-refractivity contribution >= 4 is 5.82 Å². The molecule has 1 heterocycles. The van der Waals surface area contributed by atoms with Crippen LogP contribution in [0, 0.1) is 5.41 Å². The molecule has 0 aliphatic carbocycles. The molecule has 0 bridgehead atoms. The van der Waals surface area contributed by atoms with Gasteiger partial charge in [-0.1, -0.05) is 34.1 Å². The maximum absolute atomic E-state index is 5.68. The summed E-state index contributed by atoms with van der Waals surface area (Å²) < 4.78 is 0. The van der Waals surface area contributed by atoms with Gasteiger partial charge in [0, 0.05) is 17.8 Å². The molecule has 3 N–H and O–H groups in total. The number of hydrogen-bond donors (Lipinski definition) is 2. The molecule has 4 heteroatoms. The fourth-order valence-corrected chi connectivity index (χ4v) is 1.94. The molecule has 1 aromatic rings. The number of nitrogens with two attached hydrogens (primary N) is 1. The predicted molar refractivity (Wildman–Crippen MR) is 76.6 cm³/mol. The molecular formula is C14H26N4. The minimum absolute atomic E-state index is 0.162. The van der Waals surface area contributed by atoms with Gasteiger partial charge in [-0.05, 0) is 24.8 Å². The molecule has 0 radical (unpaired) electrons. The van der Waals surface area contributed by atoms with Gasteiger partial charge in [-0.3, -0.25) is 0 Å². The Labute approximate surface area is 110 Å². The number of aromatic nitrogens is 2. The number of hydrogen-bond acceptors (Lipinski definition) is 4. The van der Waals surface area contributed by atoms with Gasteiger partial charge in [-0.15, -0.1) is 0 Å². The zero-order chi connectivity index (χ0) is 13.6. The lowest BCUT2D eigenvalue weighted by atomic mass is 9.85. The van der Waals surface area contributed by atoms with Gasteiger partial charge in [0.25, 0.3) is 0 Å². The summed E-state index contributed by atoms with van der Waals surface area (Å²) in [4.78, 5) is 8.56. The van der Waals surface area contributed by atoms with Gasteiger partial charge in [0.05, 0.1) is 0 Å². The molecule has 0 spiro atoms. The van der Waals surface area contributed by atoms with Crippen LogP contribution in [0.1, 0.15) is 46.2 Å². The maximum Gasteiger partial charge on any atom is 0.129 e. The van der Waals surface area contributed by atoms with Crippen LogP contribution in [0.5, 0.6) is 0 Å². The summed E-state index contributed by atoms with van der Waals surface area (Å²) in [5.74, 6) is 0.904. The van der Waals surface area contributed by atoms with E-state index in [0.29, 0.717) is 12.6 Å². The average Bonchev–Trinajstić information content (AvgIpc) is 2.28. The van der Waals surface area contributed by atoms with E-state index < -0.39 is 0 Å². The summed E-state index contributed by atoms with van der Waals surface area (Å²) in [6, 6.07) is 2.37. The van der Waals surface area contributed by atoms with Crippen molar-refractivity contribution in [3.05, 3.63) is 18.1 Å². The van der Waals surface area contributed by atoms with Crippen molar-refractivity contribution in [1.29, 1.82) is 0 Å². The van der Waals surface area contributed by atoms with Crippen molar-refractivity contribution in [1.82, 2.24) is 9.97 Å². The van der Waals surface area contributed by atoms with Crippen molar-refractivity contribution < 1.29 is 0 Å². The number of rotatable bonds is 6. The summed E-state index contributed by atoms with van der Waals surface area (Å²) >= 11 is 0. The minimum Gasteiger partial charge on any atom is -0.367 e. The third kappa shape index (κ3) is 4.61. The van der Waals surface area contributed by atoms with Crippen LogP contribution in [0.4, 0.5) is 5.82 Å². The fourth-order valence-electron chi connectivity index (χ4n) is 1.94. The number of nitrogens with zero attached hydrogens (tertiary/aromatic N) is 2. The molecule has 0 saturated carbocycles. The lowest BCUT2D eigenvalue weighted by molar-refractivity contribution is 0.328. The van der Waals surface area contributed by atoms with E-state index in [1.165, 1.54) is 0 Å². The van der Waals surface area contributed by atoms with Crippen LogP contribution in [0.15, 0.2) is 12.4 Å². The number of nitrogens with one attached hydrogen (secondary N) is 1. The Morgan fingerprint density at radius 2 is 2.06 bits per heavy atom. The summed E-state index contributed by atoms with van der Waals surface area (Å²) in [6.07, 6.45) is 4.67. The van der Waals surface area contributed by atoms with E-state index in [1.807, 2.05) is 6.07 Å². The monoisotopic (exact) mass is 250 g/mol. The fraction of sp³-hybridized carbons (Fsp3) is 0.714. The molecule has 0 fully saturated rings. The summed E-state index contributed by atoms with van der Waals surface area (Å²) in [5.41, 5.74) is 6.94. The Morgan fingerprint density at radius 1 is 1.33 bits per heavy atom. The first-order valence-electron chi connectivity index (χ1n) is 6.75. The van der Waals surface area contributed by atoms with E-state index in [2.05, 4.69) is 43.0 Å². The van der Waals surface area contributed by atoms with E-state index in [1.54, 1.807) is 6.33 Å². The minimum atomic E-state index is 0.162. The molecule has 0 amide bonds. The Kier molecular flexibility index (Phi) is 5.54. The molecule has 1 aromatic heterocycles. The second-order valence-corrected chi connectivity index (χ2v) is 5.78. The van der Waals surface area contributed by atoms with E-state index in [4.69, 9.17) is 5.73 Å². The third-order valence-corrected chi connectivity index (χ3v) is 3.05. The van der Waals surface area contributed by atoms with Gasteiger partial charge in [-0.25, -0.2) is 9.97 Å². The van der Waals surface area contributed by atoms with Crippen LogP contribution in [0.3, 0.4) is 0 Å². The summed E-state index contributed by atoms with van der Waals surface area (Å²) in [5, 5.41) is 3.49.